The summed E-state index contributed by atoms with van der Waals surface area (Å²) in [5.41, 5.74) is 0.411. The van der Waals surface area contributed by atoms with Crippen LogP contribution < -0.4 is 0 Å². The Morgan fingerprint density at radius 3 is 2.48 bits per heavy atom. The number of hydrogen-bond acceptors (Lipinski definition) is 7. The topological polar surface area (TPSA) is 100 Å². The second kappa shape index (κ2) is 8.09. The minimum Gasteiger partial charge on any atom is -0.469 e. The van der Waals surface area contributed by atoms with Gasteiger partial charge in [-0.05, 0) is 18.2 Å². The Hall–Kier alpha value is -2.45. The summed E-state index contributed by atoms with van der Waals surface area (Å²) in [7, 11) is 2.27. The molecule has 0 N–H and O–H groups in total. The number of ether oxygens (including phenoxy) is 2. The van der Waals surface area contributed by atoms with E-state index >= 15 is 0 Å². The van der Waals surface area contributed by atoms with Crippen LogP contribution in [0.5, 0.6) is 0 Å². The number of Topliss-reactive ketones (excluding diaryl/α,β-unsaturated/α-hetero) is 1. The van der Waals surface area contributed by atoms with Gasteiger partial charge in [-0.1, -0.05) is 28.4 Å². The van der Waals surface area contributed by atoms with Crippen molar-refractivity contribution in [2.45, 2.75) is 6.42 Å². The second-order valence-corrected chi connectivity index (χ2v) is 5.68. The van der Waals surface area contributed by atoms with Crippen LogP contribution in [0.3, 0.4) is 0 Å². The second-order valence-electron chi connectivity index (χ2n) is 4.87. The van der Waals surface area contributed by atoms with Crippen molar-refractivity contribution in [2.24, 2.45) is 5.92 Å². The lowest BCUT2D eigenvalue weighted by atomic mass is 9.98. The van der Waals surface area contributed by atoms with Gasteiger partial charge < -0.3 is 9.47 Å². The number of benzene rings is 1. The molecule has 0 unspecified atom stereocenters. The third kappa shape index (κ3) is 4.34. The van der Waals surface area contributed by atoms with Crippen molar-refractivity contribution in [3.8, 4) is 5.69 Å². The third-order valence-corrected chi connectivity index (χ3v) is 4.05. The highest BCUT2D eigenvalue weighted by atomic mass is 35.5. The minimum absolute atomic E-state index is 0.106. The summed E-state index contributed by atoms with van der Waals surface area (Å²) >= 11 is 11.8. The molecule has 0 saturated carbocycles. The van der Waals surface area contributed by atoms with Gasteiger partial charge in [-0.15, -0.1) is 5.10 Å². The van der Waals surface area contributed by atoms with Gasteiger partial charge >= 0.3 is 11.9 Å². The first kappa shape index (κ1) is 18.9. The maximum atomic E-state index is 12.5. The number of halogens is 2. The molecule has 0 aliphatic rings. The van der Waals surface area contributed by atoms with E-state index in [0.29, 0.717) is 15.7 Å². The molecule has 1 aromatic carbocycles. The Morgan fingerprint density at radius 2 is 1.88 bits per heavy atom. The molecule has 1 aromatic heterocycles. The molecule has 0 bridgehead atoms. The lowest BCUT2D eigenvalue weighted by Gasteiger charge is -2.10. The minimum atomic E-state index is -1.36. The van der Waals surface area contributed by atoms with Crippen molar-refractivity contribution in [2.75, 3.05) is 14.2 Å². The quantitative estimate of drug-likeness (QED) is 0.426. The largest absolute Gasteiger partial charge is 0.469 e. The van der Waals surface area contributed by atoms with Crippen LogP contribution >= 0.6 is 23.2 Å². The molecule has 1 heterocycles. The van der Waals surface area contributed by atoms with Crippen LogP contribution in [-0.4, -0.2) is 46.9 Å². The van der Waals surface area contributed by atoms with Crippen molar-refractivity contribution in [3.63, 3.8) is 0 Å². The van der Waals surface area contributed by atoms with Crippen LogP contribution in [-0.2, 0) is 19.1 Å². The zero-order valence-corrected chi connectivity index (χ0v) is 14.7. The number of methoxy groups -OCH3 is 2. The van der Waals surface area contributed by atoms with E-state index in [2.05, 4.69) is 19.8 Å². The first-order valence-electron chi connectivity index (χ1n) is 6.94. The molecule has 10 heteroatoms. The van der Waals surface area contributed by atoms with E-state index in [0.717, 1.165) is 14.2 Å². The molecule has 2 aromatic rings. The maximum absolute atomic E-state index is 12.5. The molecule has 2 rings (SSSR count). The highest BCUT2D eigenvalue weighted by Crippen LogP contribution is 2.24. The molecule has 0 radical (unpaired) electrons. The summed E-state index contributed by atoms with van der Waals surface area (Å²) in [5, 5.41) is 8.24. The van der Waals surface area contributed by atoms with E-state index in [1.165, 1.54) is 10.9 Å². The van der Waals surface area contributed by atoms with Gasteiger partial charge in [-0.3, -0.25) is 14.4 Å². The van der Waals surface area contributed by atoms with Crippen molar-refractivity contribution in [3.05, 3.63) is 40.1 Å². The first-order chi connectivity index (χ1) is 11.9. The zero-order valence-electron chi connectivity index (χ0n) is 13.2. The normalized spacial score (nSPS) is 11.7. The van der Waals surface area contributed by atoms with Gasteiger partial charge in [0.25, 0.3) is 0 Å². The summed E-state index contributed by atoms with van der Waals surface area (Å²) in [4.78, 5) is 35.7. The number of carbonyl (C=O) groups is 3. The molecule has 25 heavy (non-hydrogen) atoms. The van der Waals surface area contributed by atoms with Crippen molar-refractivity contribution in [1.29, 1.82) is 0 Å². The fraction of sp³-hybridized carbons (Fsp3) is 0.267. The van der Waals surface area contributed by atoms with E-state index in [1.807, 2.05) is 0 Å². The molecule has 0 amide bonds. The van der Waals surface area contributed by atoms with E-state index in [-0.39, 0.29) is 5.69 Å². The van der Waals surface area contributed by atoms with Gasteiger partial charge in [0, 0.05) is 0 Å². The number of rotatable bonds is 6. The predicted molar refractivity (Wildman–Crippen MR) is 87.8 cm³/mol. The van der Waals surface area contributed by atoms with Gasteiger partial charge in [0.15, 0.2) is 5.78 Å². The van der Waals surface area contributed by atoms with Crippen LogP contribution in [0.1, 0.15) is 16.9 Å². The molecule has 8 nitrogen and oxygen atoms in total. The van der Waals surface area contributed by atoms with Gasteiger partial charge in [0.1, 0.15) is 11.6 Å². The Balaban J connectivity index is 2.29. The summed E-state index contributed by atoms with van der Waals surface area (Å²) in [6.07, 6.45) is 0.858. The molecule has 0 fully saturated rings. The molecular weight excluding hydrogens is 373 g/mol. The van der Waals surface area contributed by atoms with Crippen molar-refractivity contribution >= 4 is 40.9 Å². The van der Waals surface area contributed by atoms with E-state index in [4.69, 9.17) is 23.2 Å². The van der Waals surface area contributed by atoms with Crippen molar-refractivity contribution in [1.82, 2.24) is 15.0 Å². The lowest BCUT2D eigenvalue weighted by molar-refractivity contribution is -0.150. The number of hydrogen-bond donors (Lipinski definition) is 0. The summed E-state index contributed by atoms with van der Waals surface area (Å²) in [6.45, 7) is 0. The van der Waals surface area contributed by atoms with Crippen LogP contribution in [0, 0.1) is 5.92 Å². The molecule has 0 aliphatic heterocycles. The van der Waals surface area contributed by atoms with Crippen LogP contribution in [0.4, 0.5) is 0 Å². The van der Waals surface area contributed by atoms with Crippen LogP contribution in [0.25, 0.3) is 5.69 Å². The molecule has 0 aliphatic carbocycles. The van der Waals surface area contributed by atoms with E-state index in [1.54, 1.807) is 18.2 Å². The van der Waals surface area contributed by atoms with Crippen molar-refractivity contribution < 1.29 is 23.9 Å². The third-order valence-electron chi connectivity index (χ3n) is 3.31. The van der Waals surface area contributed by atoms with Gasteiger partial charge in [-0.2, -0.15) is 0 Å². The highest BCUT2D eigenvalue weighted by Gasteiger charge is 2.33. The fourth-order valence-electron chi connectivity index (χ4n) is 1.98. The van der Waals surface area contributed by atoms with E-state index < -0.39 is 30.1 Å². The van der Waals surface area contributed by atoms with Crippen LogP contribution in [0.15, 0.2) is 24.4 Å². The van der Waals surface area contributed by atoms with Crippen LogP contribution in [0.2, 0.25) is 10.0 Å². The Labute approximate surface area is 152 Å². The van der Waals surface area contributed by atoms with E-state index in [9.17, 15) is 14.4 Å². The summed E-state index contributed by atoms with van der Waals surface area (Å²) in [6, 6.07) is 4.74. The number of esters is 2. The Kier molecular flexibility index (Phi) is 6.11. The standard InChI is InChI=1S/C15H13Cl2N3O5/c1-24-13(21)6-9(15(23)25-2)14(22)12-7-20(19-18-12)8-3-4-10(16)11(17)5-8/h3-5,7,9H,6H2,1-2H3/t9-/m0/s1. The maximum Gasteiger partial charge on any atom is 0.317 e. The average molecular weight is 386 g/mol. The SMILES string of the molecule is COC(=O)C[C@H](C(=O)OC)C(=O)c1cn(-c2ccc(Cl)c(Cl)c2)nn1. The monoisotopic (exact) mass is 385 g/mol. The Morgan fingerprint density at radius 1 is 1.16 bits per heavy atom. The van der Waals surface area contributed by atoms with Gasteiger partial charge in [-0.25, -0.2) is 4.68 Å². The summed E-state index contributed by atoms with van der Waals surface area (Å²) < 4.78 is 10.4. The molecule has 1 atom stereocenters. The number of nitrogens with zero attached hydrogens (tertiary/aromatic N) is 3. The first-order valence-corrected chi connectivity index (χ1v) is 7.69. The smallest absolute Gasteiger partial charge is 0.317 e. The molecular formula is C15H13Cl2N3O5. The predicted octanol–water partition coefficient (Wildman–Crippen LogP) is 2.11. The number of aromatic nitrogens is 3. The Bertz CT molecular complexity index is 821. The average Bonchev–Trinajstić information content (AvgIpc) is 3.10. The number of carbonyl (C=O) groups excluding carboxylic acids is 3. The number of ketones is 1. The van der Waals surface area contributed by atoms with Gasteiger partial charge in [0.2, 0.25) is 0 Å². The molecule has 0 saturated heterocycles. The lowest BCUT2D eigenvalue weighted by Crippen LogP contribution is -2.28. The highest BCUT2D eigenvalue weighted by molar-refractivity contribution is 6.42. The summed E-state index contributed by atoms with van der Waals surface area (Å²) in [5.74, 6) is -3.65. The molecule has 132 valence electrons. The molecule has 0 spiro atoms. The fourth-order valence-corrected chi connectivity index (χ4v) is 2.28. The zero-order chi connectivity index (χ0) is 18.6. The van der Waals surface area contributed by atoms with Gasteiger partial charge in [0.05, 0.1) is 42.6 Å².